The van der Waals surface area contributed by atoms with Gasteiger partial charge in [-0.1, -0.05) is 11.6 Å². The lowest BCUT2D eigenvalue weighted by Crippen LogP contribution is -2.23. The van der Waals surface area contributed by atoms with Crippen LogP contribution in [0.5, 0.6) is 0 Å². The third kappa shape index (κ3) is 2.76. The fraction of sp³-hybridized carbons (Fsp3) is 0.500. The maximum absolute atomic E-state index is 12.0. The molecule has 1 saturated carbocycles. The number of aromatic nitrogens is 1. The van der Waals surface area contributed by atoms with Crippen molar-refractivity contribution in [2.45, 2.75) is 32.2 Å². The summed E-state index contributed by atoms with van der Waals surface area (Å²) < 4.78 is 0. The first kappa shape index (κ1) is 12.3. The van der Waals surface area contributed by atoms with Crippen molar-refractivity contribution in [1.29, 1.82) is 0 Å². The second-order valence-corrected chi connectivity index (χ2v) is 4.91. The van der Waals surface area contributed by atoms with E-state index in [0.29, 0.717) is 10.8 Å². The zero-order valence-electron chi connectivity index (χ0n) is 9.74. The topological polar surface area (TPSA) is 68.0 Å². The number of aryl methyl sites for hydroxylation is 1. The molecule has 0 spiro atoms. The van der Waals surface area contributed by atoms with Crippen LogP contribution in [0.25, 0.3) is 0 Å². The summed E-state index contributed by atoms with van der Waals surface area (Å²) >= 11 is 5.96. The summed E-state index contributed by atoms with van der Waals surface area (Å²) in [6.45, 7) is 1.89. The Hall–Kier alpha value is -1.13. The van der Waals surface area contributed by atoms with Crippen LogP contribution >= 0.6 is 11.6 Å². The van der Waals surface area contributed by atoms with Crippen LogP contribution in [0.15, 0.2) is 12.3 Å². The van der Waals surface area contributed by atoms with Crippen LogP contribution in [-0.4, -0.2) is 16.9 Å². The number of halogens is 1. The molecule has 1 aromatic rings. The lowest BCUT2D eigenvalue weighted by molar-refractivity contribution is -0.119. The van der Waals surface area contributed by atoms with Crippen molar-refractivity contribution < 1.29 is 4.79 Å². The van der Waals surface area contributed by atoms with Crippen LogP contribution < -0.4 is 11.1 Å². The molecular formula is C12H16ClN3O. The SMILES string of the molecule is Cc1ccnc(Cl)c1NC(=O)C1CCC(N)C1. The van der Waals surface area contributed by atoms with Crippen molar-refractivity contribution in [3.05, 3.63) is 23.0 Å². The summed E-state index contributed by atoms with van der Waals surface area (Å²) in [5.74, 6) is -0.00313. The van der Waals surface area contributed by atoms with Crippen molar-refractivity contribution in [2.24, 2.45) is 11.7 Å². The van der Waals surface area contributed by atoms with Gasteiger partial charge in [-0.2, -0.15) is 0 Å². The molecule has 1 aliphatic rings. The monoisotopic (exact) mass is 253 g/mol. The Labute approximate surface area is 106 Å². The number of nitrogens with two attached hydrogens (primary N) is 1. The van der Waals surface area contributed by atoms with Gasteiger partial charge in [0.15, 0.2) is 5.15 Å². The molecule has 1 aromatic heterocycles. The second kappa shape index (κ2) is 5.02. The van der Waals surface area contributed by atoms with Crippen LogP contribution in [0.3, 0.4) is 0 Å². The highest BCUT2D eigenvalue weighted by molar-refractivity contribution is 6.32. The largest absolute Gasteiger partial charge is 0.328 e. The van der Waals surface area contributed by atoms with E-state index in [1.165, 1.54) is 0 Å². The van der Waals surface area contributed by atoms with Crippen LogP contribution in [-0.2, 0) is 4.79 Å². The molecular weight excluding hydrogens is 238 g/mol. The Morgan fingerprint density at radius 1 is 1.59 bits per heavy atom. The molecule has 0 saturated heterocycles. The predicted molar refractivity (Wildman–Crippen MR) is 67.9 cm³/mol. The fourth-order valence-corrected chi connectivity index (χ4v) is 2.41. The number of carbonyl (C=O) groups excluding carboxylic acids is 1. The van der Waals surface area contributed by atoms with Gasteiger partial charge in [-0.05, 0) is 37.8 Å². The van der Waals surface area contributed by atoms with Gasteiger partial charge < -0.3 is 11.1 Å². The molecule has 0 bridgehead atoms. The van der Waals surface area contributed by atoms with E-state index in [9.17, 15) is 4.79 Å². The number of hydrogen-bond donors (Lipinski definition) is 2. The summed E-state index contributed by atoms with van der Waals surface area (Å²) in [6.07, 6.45) is 4.14. The minimum atomic E-state index is -0.00375. The van der Waals surface area contributed by atoms with Crippen LogP contribution in [0, 0.1) is 12.8 Å². The Balaban J connectivity index is 2.08. The van der Waals surface area contributed by atoms with E-state index in [2.05, 4.69) is 10.3 Å². The minimum Gasteiger partial charge on any atom is -0.328 e. The molecule has 5 heteroatoms. The maximum Gasteiger partial charge on any atom is 0.227 e. The van der Waals surface area contributed by atoms with E-state index in [4.69, 9.17) is 17.3 Å². The Bertz CT molecular complexity index is 416. The second-order valence-electron chi connectivity index (χ2n) is 4.55. The Morgan fingerprint density at radius 2 is 2.35 bits per heavy atom. The average Bonchev–Trinajstić information content (AvgIpc) is 2.70. The molecule has 1 aliphatic carbocycles. The molecule has 4 nitrogen and oxygen atoms in total. The van der Waals surface area contributed by atoms with Gasteiger partial charge in [0.25, 0.3) is 0 Å². The molecule has 0 aliphatic heterocycles. The normalized spacial score (nSPS) is 23.7. The van der Waals surface area contributed by atoms with Crippen molar-refractivity contribution in [3.63, 3.8) is 0 Å². The Kier molecular flexibility index (Phi) is 3.64. The molecule has 1 amide bonds. The first-order valence-corrected chi connectivity index (χ1v) is 6.13. The number of rotatable bonds is 2. The lowest BCUT2D eigenvalue weighted by Gasteiger charge is -2.13. The molecule has 3 N–H and O–H groups in total. The Morgan fingerprint density at radius 3 is 2.94 bits per heavy atom. The van der Waals surface area contributed by atoms with Crippen molar-refractivity contribution in [1.82, 2.24) is 4.98 Å². The molecule has 2 rings (SSSR count). The summed E-state index contributed by atoms with van der Waals surface area (Å²) in [7, 11) is 0. The zero-order valence-corrected chi connectivity index (χ0v) is 10.5. The molecule has 2 atom stereocenters. The number of anilines is 1. The van der Waals surface area contributed by atoms with E-state index in [1.807, 2.05) is 13.0 Å². The standard InChI is InChI=1S/C12H16ClN3O/c1-7-4-5-15-11(13)10(7)16-12(17)8-2-3-9(14)6-8/h4-5,8-9H,2-3,6,14H2,1H3,(H,16,17). The summed E-state index contributed by atoms with van der Waals surface area (Å²) in [5, 5.41) is 3.19. The van der Waals surface area contributed by atoms with Gasteiger partial charge >= 0.3 is 0 Å². The minimum absolute atomic E-state index is 0.000623. The van der Waals surface area contributed by atoms with Gasteiger partial charge in [-0.25, -0.2) is 4.98 Å². The first-order valence-electron chi connectivity index (χ1n) is 5.75. The molecule has 92 valence electrons. The predicted octanol–water partition coefficient (Wildman–Crippen LogP) is 2.11. The van der Waals surface area contributed by atoms with Gasteiger partial charge in [0.2, 0.25) is 5.91 Å². The number of nitrogens with zero attached hydrogens (tertiary/aromatic N) is 1. The highest BCUT2D eigenvalue weighted by Crippen LogP contribution is 2.28. The molecule has 0 radical (unpaired) electrons. The summed E-state index contributed by atoms with van der Waals surface area (Å²) in [5.41, 5.74) is 7.33. The smallest absolute Gasteiger partial charge is 0.227 e. The van der Waals surface area contributed by atoms with E-state index >= 15 is 0 Å². The molecule has 1 heterocycles. The fourth-order valence-electron chi connectivity index (χ4n) is 2.16. The van der Waals surface area contributed by atoms with Gasteiger partial charge in [0, 0.05) is 18.2 Å². The number of hydrogen-bond acceptors (Lipinski definition) is 3. The molecule has 1 fully saturated rings. The number of nitrogens with one attached hydrogen (secondary N) is 1. The number of amides is 1. The zero-order chi connectivity index (χ0) is 12.4. The highest BCUT2D eigenvalue weighted by atomic mass is 35.5. The van der Waals surface area contributed by atoms with Crippen molar-refractivity contribution in [3.8, 4) is 0 Å². The van der Waals surface area contributed by atoms with Gasteiger partial charge in [-0.15, -0.1) is 0 Å². The van der Waals surface area contributed by atoms with E-state index < -0.39 is 0 Å². The van der Waals surface area contributed by atoms with E-state index in [1.54, 1.807) is 6.20 Å². The summed E-state index contributed by atoms with van der Waals surface area (Å²) in [4.78, 5) is 16.0. The van der Waals surface area contributed by atoms with Crippen LogP contribution in [0.4, 0.5) is 5.69 Å². The van der Waals surface area contributed by atoms with Crippen LogP contribution in [0.1, 0.15) is 24.8 Å². The van der Waals surface area contributed by atoms with Gasteiger partial charge in [0.05, 0.1) is 5.69 Å². The van der Waals surface area contributed by atoms with Gasteiger partial charge in [-0.3, -0.25) is 4.79 Å². The van der Waals surface area contributed by atoms with Crippen LogP contribution in [0.2, 0.25) is 5.15 Å². The van der Waals surface area contributed by atoms with E-state index in [-0.39, 0.29) is 17.9 Å². The van der Waals surface area contributed by atoms with Crippen molar-refractivity contribution in [2.75, 3.05) is 5.32 Å². The average molecular weight is 254 g/mol. The molecule has 2 unspecified atom stereocenters. The maximum atomic E-state index is 12.0. The third-order valence-corrected chi connectivity index (χ3v) is 3.49. The quantitative estimate of drug-likeness (QED) is 0.794. The molecule has 0 aromatic carbocycles. The number of pyridine rings is 1. The van der Waals surface area contributed by atoms with Gasteiger partial charge in [0.1, 0.15) is 0 Å². The summed E-state index contributed by atoms with van der Waals surface area (Å²) in [6, 6.07) is 1.97. The lowest BCUT2D eigenvalue weighted by atomic mass is 10.1. The molecule has 17 heavy (non-hydrogen) atoms. The number of carbonyl (C=O) groups is 1. The third-order valence-electron chi connectivity index (χ3n) is 3.21. The first-order chi connectivity index (χ1) is 8.08. The highest BCUT2D eigenvalue weighted by Gasteiger charge is 2.28. The van der Waals surface area contributed by atoms with E-state index in [0.717, 1.165) is 24.8 Å². The van der Waals surface area contributed by atoms with Crippen molar-refractivity contribution >= 4 is 23.2 Å².